The molecule has 3 heteroatoms. The Labute approximate surface area is 165 Å². The van der Waals surface area contributed by atoms with Crippen molar-refractivity contribution in [1.82, 2.24) is 0 Å². The Morgan fingerprint density at radius 3 is 1.81 bits per heavy atom. The molecular weight excluding hydrogens is 336 g/mol. The summed E-state index contributed by atoms with van der Waals surface area (Å²) >= 11 is 0. The third kappa shape index (κ3) is 4.92. The molecule has 0 bridgehead atoms. The minimum absolute atomic E-state index is 0.0939. The molecule has 2 aliphatic carbocycles. The summed E-state index contributed by atoms with van der Waals surface area (Å²) in [6, 6.07) is 5.61. The van der Waals surface area contributed by atoms with Gasteiger partial charge in [-0.15, -0.1) is 0 Å². The Hall–Kier alpha value is -1.38. The second-order valence-electron chi connectivity index (χ2n) is 8.80. The fourth-order valence-electron chi connectivity index (χ4n) is 5.25. The molecule has 0 heterocycles. The Morgan fingerprint density at radius 2 is 1.30 bits per heavy atom. The van der Waals surface area contributed by atoms with Gasteiger partial charge in [0.15, 0.2) is 11.5 Å². The molecule has 3 nitrogen and oxygen atoms in total. The normalized spacial score (nSPS) is 21.6. The zero-order valence-electron chi connectivity index (χ0n) is 17.4. The number of phenols is 1. The van der Waals surface area contributed by atoms with Crippen LogP contribution in [0.15, 0.2) is 18.2 Å². The topological polar surface area (TPSA) is 38.7 Å². The van der Waals surface area contributed by atoms with E-state index in [0.717, 1.165) is 57.1 Å². The number of hydrogen-bond donors (Lipinski definition) is 1. The van der Waals surface area contributed by atoms with Crippen LogP contribution in [0.3, 0.4) is 0 Å². The van der Waals surface area contributed by atoms with E-state index in [1.54, 1.807) is 6.07 Å². The van der Waals surface area contributed by atoms with Gasteiger partial charge in [-0.25, -0.2) is 0 Å². The minimum atomic E-state index is -0.144. The highest BCUT2D eigenvalue weighted by molar-refractivity contribution is 5.51. The number of hydrogen-bond acceptors (Lipinski definition) is 3. The summed E-state index contributed by atoms with van der Waals surface area (Å²) in [7, 11) is 0. The van der Waals surface area contributed by atoms with Crippen molar-refractivity contribution >= 4 is 0 Å². The van der Waals surface area contributed by atoms with Crippen LogP contribution in [0.25, 0.3) is 0 Å². The van der Waals surface area contributed by atoms with Gasteiger partial charge in [-0.3, -0.25) is 0 Å². The van der Waals surface area contributed by atoms with Crippen LogP contribution in [0.2, 0.25) is 0 Å². The van der Waals surface area contributed by atoms with Crippen molar-refractivity contribution in [1.29, 1.82) is 0 Å². The van der Waals surface area contributed by atoms with E-state index >= 15 is 0 Å². The van der Waals surface area contributed by atoms with Gasteiger partial charge in [0.25, 0.3) is 0 Å². The molecule has 0 amide bonds. The second-order valence-corrected chi connectivity index (χ2v) is 8.80. The van der Waals surface area contributed by atoms with Crippen molar-refractivity contribution in [2.75, 3.05) is 0 Å². The lowest BCUT2D eigenvalue weighted by Crippen LogP contribution is -2.40. The van der Waals surface area contributed by atoms with E-state index in [0.29, 0.717) is 5.75 Å². The van der Waals surface area contributed by atoms with Crippen LogP contribution < -0.4 is 9.47 Å². The van der Waals surface area contributed by atoms with Crippen molar-refractivity contribution in [3.63, 3.8) is 0 Å². The SMILES string of the molecule is CCCC1(Oc2cccc(O)c2OC2(CCC)CCCCC2)CCCCC1. The van der Waals surface area contributed by atoms with Crippen LogP contribution in [-0.4, -0.2) is 16.3 Å². The number of benzene rings is 1. The van der Waals surface area contributed by atoms with Crippen molar-refractivity contribution in [3.05, 3.63) is 18.2 Å². The maximum atomic E-state index is 10.6. The smallest absolute Gasteiger partial charge is 0.203 e. The molecule has 0 atom stereocenters. The highest BCUT2D eigenvalue weighted by Crippen LogP contribution is 2.46. The fourth-order valence-corrected chi connectivity index (χ4v) is 5.25. The molecule has 1 aromatic carbocycles. The molecule has 2 saturated carbocycles. The lowest BCUT2D eigenvalue weighted by atomic mass is 9.81. The molecule has 152 valence electrons. The predicted octanol–water partition coefficient (Wildman–Crippen LogP) is 7.16. The van der Waals surface area contributed by atoms with Gasteiger partial charge >= 0.3 is 0 Å². The molecule has 3 rings (SSSR count). The summed E-state index contributed by atoms with van der Waals surface area (Å²) < 4.78 is 13.3. The number of rotatable bonds is 8. The van der Waals surface area contributed by atoms with E-state index in [4.69, 9.17) is 9.47 Å². The van der Waals surface area contributed by atoms with Gasteiger partial charge in [0.05, 0.1) is 0 Å². The summed E-state index contributed by atoms with van der Waals surface area (Å²) in [6.07, 6.45) is 16.2. The van der Waals surface area contributed by atoms with Crippen LogP contribution in [0.4, 0.5) is 0 Å². The second kappa shape index (κ2) is 9.21. The summed E-state index contributed by atoms with van der Waals surface area (Å²) in [6.45, 7) is 4.46. The summed E-state index contributed by atoms with van der Waals surface area (Å²) in [5.74, 6) is 1.54. The Morgan fingerprint density at radius 1 is 0.778 bits per heavy atom. The number of phenolic OH excluding ortho intramolecular Hbond substituents is 1. The van der Waals surface area contributed by atoms with Crippen LogP contribution in [0, 0.1) is 0 Å². The van der Waals surface area contributed by atoms with E-state index in [9.17, 15) is 5.11 Å². The standard InChI is InChI=1S/C24H38O3/c1-3-14-23(16-7-5-8-17-23)26-21-13-11-12-20(25)22(21)27-24(15-4-2)18-9-6-10-19-24/h11-13,25H,3-10,14-19H2,1-2H3. The summed E-state index contributed by atoms with van der Waals surface area (Å²) in [5.41, 5.74) is -0.238. The van der Waals surface area contributed by atoms with Gasteiger partial charge in [-0.05, 0) is 76.3 Å². The van der Waals surface area contributed by atoms with E-state index in [-0.39, 0.29) is 17.0 Å². The molecule has 0 saturated heterocycles. The lowest BCUT2D eigenvalue weighted by molar-refractivity contribution is -0.00431. The lowest BCUT2D eigenvalue weighted by Gasteiger charge is -2.41. The third-order valence-electron chi connectivity index (χ3n) is 6.54. The summed E-state index contributed by atoms with van der Waals surface area (Å²) in [4.78, 5) is 0. The van der Waals surface area contributed by atoms with Gasteiger partial charge < -0.3 is 14.6 Å². The molecule has 0 unspecified atom stereocenters. The molecule has 2 aliphatic rings. The third-order valence-corrected chi connectivity index (χ3v) is 6.54. The average Bonchev–Trinajstić information content (AvgIpc) is 2.67. The average molecular weight is 375 g/mol. The largest absolute Gasteiger partial charge is 0.504 e. The first-order chi connectivity index (χ1) is 13.1. The molecule has 2 fully saturated rings. The van der Waals surface area contributed by atoms with Gasteiger partial charge in [-0.2, -0.15) is 0 Å². The molecule has 0 aliphatic heterocycles. The first kappa shape index (κ1) is 20.4. The zero-order valence-corrected chi connectivity index (χ0v) is 17.4. The molecule has 0 aromatic heterocycles. The van der Waals surface area contributed by atoms with Crippen molar-refractivity contribution in [2.45, 2.75) is 115 Å². The predicted molar refractivity (Wildman–Crippen MR) is 111 cm³/mol. The van der Waals surface area contributed by atoms with E-state index < -0.39 is 0 Å². The van der Waals surface area contributed by atoms with E-state index in [2.05, 4.69) is 13.8 Å². The quantitative estimate of drug-likeness (QED) is 0.525. The Balaban J connectivity index is 1.87. The van der Waals surface area contributed by atoms with E-state index in [1.165, 1.54) is 38.5 Å². The maximum absolute atomic E-state index is 10.6. The monoisotopic (exact) mass is 374 g/mol. The Kier molecular flexibility index (Phi) is 6.94. The molecule has 0 spiro atoms. The fraction of sp³-hybridized carbons (Fsp3) is 0.750. The minimum Gasteiger partial charge on any atom is -0.504 e. The van der Waals surface area contributed by atoms with Crippen molar-refractivity contribution in [2.24, 2.45) is 0 Å². The van der Waals surface area contributed by atoms with Gasteiger partial charge in [0.1, 0.15) is 11.2 Å². The van der Waals surface area contributed by atoms with Crippen LogP contribution in [0.5, 0.6) is 17.2 Å². The Bertz CT molecular complexity index is 572. The maximum Gasteiger partial charge on any atom is 0.203 e. The highest BCUT2D eigenvalue weighted by atomic mass is 16.5. The van der Waals surface area contributed by atoms with Gasteiger partial charge in [-0.1, -0.05) is 45.6 Å². The van der Waals surface area contributed by atoms with Crippen LogP contribution >= 0.6 is 0 Å². The van der Waals surface area contributed by atoms with Gasteiger partial charge in [0.2, 0.25) is 5.75 Å². The highest BCUT2D eigenvalue weighted by Gasteiger charge is 2.37. The first-order valence-electron chi connectivity index (χ1n) is 11.3. The number of ether oxygens (including phenoxy) is 2. The molecule has 1 aromatic rings. The summed E-state index contributed by atoms with van der Waals surface area (Å²) in [5, 5.41) is 10.6. The van der Waals surface area contributed by atoms with E-state index in [1.807, 2.05) is 12.1 Å². The van der Waals surface area contributed by atoms with Crippen LogP contribution in [-0.2, 0) is 0 Å². The van der Waals surface area contributed by atoms with Gasteiger partial charge in [0, 0.05) is 0 Å². The van der Waals surface area contributed by atoms with Crippen molar-refractivity contribution < 1.29 is 14.6 Å². The zero-order chi connectivity index (χ0) is 19.2. The molecule has 0 radical (unpaired) electrons. The molecule has 27 heavy (non-hydrogen) atoms. The van der Waals surface area contributed by atoms with Crippen LogP contribution in [0.1, 0.15) is 104 Å². The number of para-hydroxylation sites is 1. The molecular formula is C24H38O3. The van der Waals surface area contributed by atoms with Crippen molar-refractivity contribution in [3.8, 4) is 17.2 Å². The number of aromatic hydroxyl groups is 1. The first-order valence-corrected chi connectivity index (χ1v) is 11.3. The molecule has 1 N–H and O–H groups in total.